The van der Waals surface area contributed by atoms with Crippen molar-refractivity contribution in [1.29, 1.82) is 0 Å². The molecule has 2 heterocycles. The van der Waals surface area contributed by atoms with E-state index in [0.717, 1.165) is 52.1 Å². The number of ether oxygens (including phenoxy) is 2. The van der Waals surface area contributed by atoms with E-state index in [0.29, 0.717) is 23.5 Å². The maximum Gasteiger partial charge on any atom is 0.339 e. The molecule has 4 N–H and O–H groups in total. The second kappa shape index (κ2) is 12.9. The number of carbonyl (C=O) groups excluding carboxylic acids is 2. The molecular formula is C30H33N5O4. The Morgan fingerprint density at radius 1 is 1.05 bits per heavy atom. The number of fused-ring (bicyclic) bond motifs is 1. The van der Waals surface area contributed by atoms with E-state index in [2.05, 4.69) is 32.5 Å². The van der Waals surface area contributed by atoms with E-state index in [9.17, 15) is 9.59 Å². The van der Waals surface area contributed by atoms with E-state index in [-0.39, 0.29) is 12.5 Å². The number of pyridine rings is 1. The third kappa shape index (κ3) is 6.51. The van der Waals surface area contributed by atoms with Gasteiger partial charge < -0.3 is 30.4 Å². The maximum atomic E-state index is 12.7. The zero-order valence-electron chi connectivity index (χ0n) is 22.4. The third-order valence-electron chi connectivity index (χ3n) is 6.25. The minimum Gasteiger partial charge on any atom is -0.460 e. The Balaban J connectivity index is 1.82. The molecule has 202 valence electrons. The Bertz CT molecular complexity index is 1480. The summed E-state index contributed by atoms with van der Waals surface area (Å²) in [6.07, 6.45) is 2.74. The lowest BCUT2D eigenvalue weighted by molar-refractivity contribution is -0.111. The van der Waals surface area contributed by atoms with Gasteiger partial charge in [-0.3, -0.25) is 4.79 Å². The van der Waals surface area contributed by atoms with Crippen LogP contribution in [0.25, 0.3) is 33.4 Å². The molecule has 0 atom stereocenters. The van der Waals surface area contributed by atoms with Gasteiger partial charge in [0.1, 0.15) is 12.3 Å². The van der Waals surface area contributed by atoms with Gasteiger partial charge in [-0.1, -0.05) is 30.8 Å². The zero-order chi connectivity index (χ0) is 27.8. The van der Waals surface area contributed by atoms with Crippen molar-refractivity contribution in [2.24, 2.45) is 0 Å². The van der Waals surface area contributed by atoms with E-state index in [1.54, 1.807) is 13.2 Å². The van der Waals surface area contributed by atoms with Gasteiger partial charge in [-0.05, 0) is 61.0 Å². The molecule has 0 aliphatic heterocycles. The molecule has 9 heteroatoms. The number of benzene rings is 2. The lowest BCUT2D eigenvalue weighted by atomic mass is 9.96. The van der Waals surface area contributed by atoms with Crippen molar-refractivity contribution >= 4 is 34.3 Å². The second-order valence-electron chi connectivity index (χ2n) is 8.95. The topological polar surface area (TPSA) is 117 Å². The highest BCUT2D eigenvalue weighted by atomic mass is 16.6. The average molecular weight is 528 g/mol. The van der Waals surface area contributed by atoms with E-state index in [1.165, 1.54) is 12.3 Å². The van der Waals surface area contributed by atoms with Crippen LogP contribution in [0.4, 0.5) is 11.4 Å². The smallest absolute Gasteiger partial charge is 0.339 e. The van der Waals surface area contributed by atoms with Gasteiger partial charge in [0.2, 0.25) is 5.91 Å². The molecule has 2 aromatic carbocycles. The number of esters is 1. The molecule has 0 saturated heterocycles. The van der Waals surface area contributed by atoms with E-state index in [1.807, 2.05) is 56.4 Å². The predicted octanol–water partition coefficient (Wildman–Crippen LogP) is 4.76. The largest absolute Gasteiger partial charge is 0.460 e. The molecule has 4 aromatic rings. The highest BCUT2D eigenvalue weighted by Crippen LogP contribution is 2.39. The number of hydrogen-bond donors (Lipinski definition) is 4. The maximum absolute atomic E-state index is 12.7. The van der Waals surface area contributed by atoms with Crippen molar-refractivity contribution in [3.8, 4) is 22.4 Å². The summed E-state index contributed by atoms with van der Waals surface area (Å²) in [4.78, 5) is 32.7. The fourth-order valence-corrected chi connectivity index (χ4v) is 4.18. The lowest BCUT2D eigenvalue weighted by Crippen LogP contribution is -2.17. The quantitative estimate of drug-likeness (QED) is 0.119. The van der Waals surface area contributed by atoms with E-state index >= 15 is 0 Å². The molecule has 0 unspecified atom stereocenters. The molecule has 0 saturated carbocycles. The van der Waals surface area contributed by atoms with Crippen molar-refractivity contribution < 1.29 is 19.1 Å². The van der Waals surface area contributed by atoms with Crippen LogP contribution >= 0.6 is 0 Å². The first-order chi connectivity index (χ1) is 18.9. The van der Waals surface area contributed by atoms with Gasteiger partial charge in [0, 0.05) is 48.7 Å². The SMILES string of the molecule is C=CC(=O)Nc1cc(-c2c(-c3ccc(NCCNC)cc3)[nH]c3ncc(C(=O)OCCOC)cc23)ccc1C. The molecule has 0 spiro atoms. The fourth-order valence-electron chi connectivity index (χ4n) is 4.18. The van der Waals surface area contributed by atoms with Crippen LogP contribution in [0, 0.1) is 6.92 Å². The predicted molar refractivity (Wildman–Crippen MR) is 155 cm³/mol. The Morgan fingerprint density at radius 3 is 2.54 bits per heavy atom. The van der Waals surface area contributed by atoms with Gasteiger partial charge in [0.25, 0.3) is 0 Å². The number of anilines is 2. The monoisotopic (exact) mass is 527 g/mol. The normalized spacial score (nSPS) is 10.8. The molecule has 0 radical (unpaired) electrons. The Hall–Kier alpha value is -4.47. The average Bonchev–Trinajstić information content (AvgIpc) is 3.33. The van der Waals surface area contributed by atoms with Crippen molar-refractivity contribution in [3.05, 3.63) is 78.5 Å². The summed E-state index contributed by atoms with van der Waals surface area (Å²) >= 11 is 0. The number of carbonyl (C=O) groups is 2. The molecule has 0 fully saturated rings. The number of nitrogens with zero attached hydrogens (tertiary/aromatic N) is 1. The van der Waals surface area contributed by atoms with Crippen LogP contribution in [0.3, 0.4) is 0 Å². The minimum atomic E-state index is -0.477. The van der Waals surface area contributed by atoms with Gasteiger partial charge >= 0.3 is 5.97 Å². The summed E-state index contributed by atoms with van der Waals surface area (Å²) in [5, 5.41) is 10.1. The summed E-state index contributed by atoms with van der Waals surface area (Å²) in [7, 11) is 3.47. The highest BCUT2D eigenvalue weighted by Gasteiger charge is 2.19. The third-order valence-corrected chi connectivity index (χ3v) is 6.25. The first-order valence-electron chi connectivity index (χ1n) is 12.7. The number of likely N-dealkylation sites (N-methyl/N-ethyl adjacent to an activating group) is 1. The number of rotatable bonds is 12. The molecule has 4 rings (SSSR count). The second-order valence-corrected chi connectivity index (χ2v) is 8.95. The standard InChI is InChI=1S/C30H33N5O4/c1-5-26(36)34-25-17-21(7-6-19(25)2)27-24-16-22(30(37)39-15-14-38-4)18-33-29(24)35-28(27)20-8-10-23(11-9-20)32-13-12-31-3/h5-11,16-18,31-32H,1,12-15H2,2-4H3,(H,33,35)(H,34,36). The van der Waals surface area contributed by atoms with Crippen molar-refractivity contribution in [2.45, 2.75) is 6.92 Å². The zero-order valence-corrected chi connectivity index (χ0v) is 22.4. The van der Waals surface area contributed by atoms with Crippen molar-refractivity contribution in [1.82, 2.24) is 15.3 Å². The molecule has 0 aliphatic carbocycles. The number of methoxy groups -OCH3 is 1. The number of aromatic nitrogens is 2. The van der Waals surface area contributed by atoms with Crippen molar-refractivity contribution in [3.63, 3.8) is 0 Å². The lowest BCUT2D eigenvalue weighted by Gasteiger charge is -2.12. The Kier molecular flexibility index (Phi) is 9.09. The number of hydrogen-bond acceptors (Lipinski definition) is 7. The first kappa shape index (κ1) is 27.6. The van der Waals surface area contributed by atoms with Crippen LogP contribution in [-0.2, 0) is 14.3 Å². The summed E-state index contributed by atoms with van der Waals surface area (Å²) < 4.78 is 10.3. The molecular weight excluding hydrogens is 494 g/mol. The molecule has 2 aromatic heterocycles. The van der Waals surface area contributed by atoms with E-state index < -0.39 is 5.97 Å². The number of H-pyrrole nitrogens is 1. The van der Waals surface area contributed by atoms with Crippen LogP contribution in [0.2, 0.25) is 0 Å². The van der Waals surface area contributed by atoms with Crippen LogP contribution in [0.5, 0.6) is 0 Å². The molecule has 0 aliphatic rings. The fraction of sp³-hybridized carbons (Fsp3) is 0.233. The van der Waals surface area contributed by atoms with Gasteiger partial charge in [-0.15, -0.1) is 0 Å². The highest BCUT2D eigenvalue weighted by molar-refractivity contribution is 6.06. The Labute approximate surface area is 227 Å². The van der Waals surface area contributed by atoms with Gasteiger partial charge in [-0.25, -0.2) is 9.78 Å². The Morgan fingerprint density at radius 2 is 1.82 bits per heavy atom. The van der Waals surface area contributed by atoms with Gasteiger partial charge in [-0.2, -0.15) is 0 Å². The van der Waals surface area contributed by atoms with Crippen molar-refractivity contribution in [2.75, 3.05) is 51.1 Å². The van der Waals surface area contributed by atoms with Crippen LogP contribution in [0.15, 0.2) is 67.4 Å². The van der Waals surface area contributed by atoms with Gasteiger partial charge in [0.15, 0.2) is 0 Å². The number of aromatic amines is 1. The van der Waals surface area contributed by atoms with Gasteiger partial charge in [0.05, 0.1) is 17.9 Å². The summed E-state index contributed by atoms with van der Waals surface area (Å²) in [6.45, 7) is 7.60. The molecule has 1 amide bonds. The summed E-state index contributed by atoms with van der Waals surface area (Å²) in [5.74, 6) is -0.770. The summed E-state index contributed by atoms with van der Waals surface area (Å²) in [5.41, 5.74) is 7.05. The molecule has 9 nitrogen and oxygen atoms in total. The number of aryl methyl sites for hydroxylation is 1. The number of nitrogens with one attached hydrogen (secondary N) is 4. The molecule has 39 heavy (non-hydrogen) atoms. The number of amides is 1. The summed E-state index contributed by atoms with van der Waals surface area (Å²) in [6, 6.07) is 15.7. The molecule has 0 bridgehead atoms. The van der Waals surface area contributed by atoms with E-state index in [4.69, 9.17) is 9.47 Å². The minimum absolute atomic E-state index is 0.150. The van der Waals surface area contributed by atoms with Crippen LogP contribution < -0.4 is 16.0 Å². The first-order valence-corrected chi connectivity index (χ1v) is 12.7. The van der Waals surface area contributed by atoms with Crippen LogP contribution in [-0.4, -0.2) is 62.3 Å². The van der Waals surface area contributed by atoms with Crippen LogP contribution in [0.1, 0.15) is 15.9 Å².